The quantitative estimate of drug-likeness (QED) is 0.339. The SMILES string of the molecule is C=CCC[C@H](O)CN(CCOC)Cc1c(C)nn(-c2ccccc2)c1Oc1ccc(Cl)cc1. The van der Waals surface area contributed by atoms with Crippen LogP contribution in [0.4, 0.5) is 0 Å². The van der Waals surface area contributed by atoms with Crippen LogP contribution in [0.3, 0.4) is 0 Å². The molecule has 1 heterocycles. The van der Waals surface area contributed by atoms with Gasteiger partial charge in [-0.1, -0.05) is 35.9 Å². The van der Waals surface area contributed by atoms with Gasteiger partial charge in [0.1, 0.15) is 5.75 Å². The number of para-hydroxylation sites is 1. The number of methoxy groups -OCH3 is 1. The van der Waals surface area contributed by atoms with Crippen molar-refractivity contribution in [2.24, 2.45) is 0 Å². The van der Waals surface area contributed by atoms with E-state index in [1.807, 2.05) is 60.1 Å². The Bertz CT molecular complexity index is 1010. The second kappa shape index (κ2) is 12.6. The standard InChI is InChI=1S/C26H32ClN3O3/c1-4-5-11-23(31)18-29(16-17-32-3)19-25-20(2)28-30(22-9-7-6-8-10-22)26(25)33-24-14-12-21(27)13-15-24/h4,6-10,12-15,23,31H,1,5,11,16-19H2,2-3H3/t23-/m0/s1. The lowest BCUT2D eigenvalue weighted by Crippen LogP contribution is -2.34. The number of aliphatic hydroxyl groups is 1. The molecule has 3 aromatic rings. The maximum Gasteiger partial charge on any atom is 0.227 e. The van der Waals surface area contributed by atoms with E-state index in [0.717, 1.165) is 23.4 Å². The van der Waals surface area contributed by atoms with Crippen molar-refractivity contribution in [2.45, 2.75) is 32.4 Å². The molecule has 0 saturated carbocycles. The Morgan fingerprint density at radius 2 is 1.91 bits per heavy atom. The van der Waals surface area contributed by atoms with Gasteiger partial charge in [-0.15, -0.1) is 6.58 Å². The zero-order valence-electron chi connectivity index (χ0n) is 19.3. The predicted octanol–water partition coefficient (Wildman–Crippen LogP) is 5.40. The van der Waals surface area contributed by atoms with Crippen LogP contribution in [0, 0.1) is 6.92 Å². The van der Waals surface area contributed by atoms with Crippen molar-refractivity contribution in [2.75, 3.05) is 26.8 Å². The molecule has 0 aliphatic heterocycles. The molecule has 0 aliphatic carbocycles. The number of aryl methyl sites for hydroxylation is 1. The molecule has 0 bridgehead atoms. The van der Waals surface area contributed by atoms with E-state index in [4.69, 9.17) is 26.2 Å². The van der Waals surface area contributed by atoms with E-state index in [0.29, 0.717) is 49.3 Å². The molecule has 0 radical (unpaired) electrons. The van der Waals surface area contributed by atoms with Crippen molar-refractivity contribution in [3.63, 3.8) is 0 Å². The van der Waals surface area contributed by atoms with Gasteiger partial charge in [-0.25, -0.2) is 4.68 Å². The number of aliphatic hydroxyl groups excluding tert-OH is 1. The van der Waals surface area contributed by atoms with E-state index in [2.05, 4.69) is 11.5 Å². The Morgan fingerprint density at radius 3 is 2.58 bits per heavy atom. The number of aromatic nitrogens is 2. The molecule has 0 fully saturated rings. The largest absolute Gasteiger partial charge is 0.439 e. The van der Waals surface area contributed by atoms with Gasteiger partial charge < -0.3 is 14.6 Å². The zero-order chi connectivity index (χ0) is 23.6. The third-order valence-electron chi connectivity index (χ3n) is 5.33. The Kier molecular flexibility index (Phi) is 9.51. The minimum atomic E-state index is -0.454. The summed E-state index contributed by atoms with van der Waals surface area (Å²) < 4.78 is 13.5. The minimum absolute atomic E-state index is 0.454. The van der Waals surface area contributed by atoms with Crippen LogP contribution in [-0.2, 0) is 11.3 Å². The van der Waals surface area contributed by atoms with Crippen LogP contribution < -0.4 is 4.74 Å². The number of benzene rings is 2. The molecule has 7 heteroatoms. The van der Waals surface area contributed by atoms with Crippen LogP contribution in [-0.4, -0.2) is 52.7 Å². The fourth-order valence-corrected chi connectivity index (χ4v) is 3.69. The highest BCUT2D eigenvalue weighted by molar-refractivity contribution is 6.30. The number of hydrogen-bond donors (Lipinski definition) is 1. The monoisotopic (exact) mass is 469 g/mol. The highest BCUT2D eigenvalue weighted by Crippen LogP contribution is 2.32. The molecule has 2 aromatic carbocycles. The summed E-state index contributed by atoms with van der Waals surface area (Å²) in [5.41, 5.74) is 2.73. The van der Waals surface area contributed by atoms with E-state index in [9.17, 15) is 5.11 Å². The molecule has 3 rings (SSSR count). The average Bonchev–Trinajstić information content (AvgIpc) is 3.13. The lowest BCUT2D eigenvalue weighted by Gasteiger charge is -2.25. The van der Waals surface area contributed by atoms with Crippen molar-refractivity contribution in [3.8, 4) is 17.3 Å². The lowest BCUT2D eigenvalue weighted by molar-refractivity contribution is 0.0804. The molecule has 33 heavy (non-hydrogen) atoms. The summed E-state index contributed by atoms with van der Waals surface area (Å²) in [4.78, 5) is 2.17. The van der Waals surface area contributed by atoms with Crippen LogP contribution in [0.25, 0.3) is 5.69 Å². The molecule has 6 nitrogen and oxygen atoms in total. The number of ether oxygens (including phenoxy) is 2. The topological polar surface area (TPSA) is 59.8 Å². The fraction of sp³-hybridized carbons (Fsp3) is 0.346. The van der Waals surface area contributed by atoms with Gasteiger partial charge in [-0.2, -0.15) is 5.10 Å². The Morgan fingerprint density at radius 1 is 1.18 bits per heavy atom. The third kappa shape index (κ3) is 7.17. The number of hydrogen-bond acceptors (Lipinski definition) is 5. The molecule has 0 unspecified atom stereocenters. The van der Waals surface area contributed by atoms with Crippen molar-refractivity contribution < 1.29 is 14.6 Å². The van der Waals surface area contributed by atoms with Gasteiger partial charge in [-0.05, 0) is 56.2 Å². The maximum absolute atomic E-state index is 10.5. The van der Waals surface area contributed by atoms with E-state index in [1.54, 1.807) is 19.2 Å². The normalized spacial score (nSPS) is 12.2. The van der Waals surface area contributed by atoms with Crippen molar-refractivity contribution in [3.05, 3.63) is 83.5 Å². The smallest absolute Gasteiger partial charge is 0.227 e. The molecule has 0 amide bonds. The summed E-state index contributed by atoms with van der Waals surface area (Å²) in [6.45, 7) is 8.06. The fourth-order valence-electron chi connectivity index (χ4n) is 3.56. The van der Waals surface area contributed by atoms with Gasteiger partial charge in [0, 0.05) is 31.8 Å². The molecular formula is C26H32ClN3O3. The predicted molar refractivity (Wildman–Crippen MR) is 132 cm³/mol. The van der Waals surface area contributed by atoms with Crippen LogP contribution in [0.2, 0.25) is 5.02 Å². The molecule has 1 N–H and O–H groups in total. The van der Waals surface area contributed by atoms with Gasteiger partial charge in [0.25, 0.3) is 0 Å². The molecule has 0 saturated heterocycles. The van der Waals surface area contributed by atoms with Gasteiger partial charge in [0.05, 0.1) is 29.7 Å². The van der Waals surface area contributed by atoms with E-state index in [1.165, 1.54) is 0 Å². The zero-order valence-corrected chi connectivity index (χ0v) is 20.0. The van der Waals surface area contributed by atoms with Crippen LogP contribution >= 0.6 is 11.6 Å². The summed E-state index contributed by atoms with van der Waals surface area (Å²) in [6, 6.07) is 17.2. The van der Waals surface area contributed by atoms with Crippen molar-refractivity contribution >= 4 is 11.6 Å². The van der Waals surface area contributed by atoms with E-state index in [-0.39, 0.29) is 0 Å². The molecule has 176 valence electrons. The average molecular weight is 470 g/mol. The number of rotatable bonds is 13. The second-order valence-corrected chi connectivity index (χ2v) is 8.36. The van der Waals surface area contributed by atoms with E-state index >= 15 is 0 Å². The van der Waals surface area contributed by atoms with Crippen molar-refractivity contribution in [1.29, 1.82) is 0 Å². The Hall–Kier alpha value is -2.64. The van der Waals surface area contributed by atoms with Crippen LogP contribution in [0.15, 0.2) is 67.3 Å². The van der Waals surface area contributed by atoms with Gasteiger partial charge in [0.2, 0.25) is 5.88 Å². The van der Waals surface area contributed by atoms with Crippen LogP contribution in [0.1, 0.15) is 24.1 Å². The summed E-state index contributed by atoms with van der Waals surface area (Å²) in [5, 5.41) is 16.0. The van der Waals surface area contributed by atoms with Crippen LogP contribution in [0.5, 0.6) is 11.6 Å². The summed E-state index contributed by atoms with van der Waals surface area (Å²) >= 11 is 6.06. The first kappa shape index (κ1) is 25.0. The molecule has 0 aliphatic rings. The summed E-state index contributed by atoms with van der Waals surface area (Å²) in [6.07, 6.45) is 2.82. The van der Waals surface area contributed by atoms with Crippen molar-refractivity contribution in [1.82, 2.24) is 14.7 Å². The van der Waals surface area contributed by atoms with Gasteiger partial charge in [0.15, 0.2) is 0 Å². The molecule has 1 atom stereocenters. The molecule has 1 aromatic heterocycles. The first-order valence-electron chi connectivity index (χ1n) is 11.1. The molecule has 0 spiro atoms. The highest BCUT2D eigenvalue weighted by Gasteiger charge is 2.22. The first-order valence-corrected chi connectivity index (χ1v) is 11.5. The van der Waals surface area contributed by atoms with Gasteiger partial charge in [-0.3, -0.25) is 4.90 Å². The Labute approximate surface area is 201 Å². The molecular weight excluding hydrogens is 438 g/mol. The minimum Gasteiger partial charge on any atom is -0.439 e. The van der Waals surface area contributed by atoms with Gasteiger partial charge >= 0.3 is 0 Å². The third-order valence-corrected chi connectivity index (χ3v) is 5.58. The summed E-state index contributed by atoms with van der Waals surface area (Å²) in [7, 11) is 1.68. The lowest BCUT2D eigenvalue weighted by atomic mass is 10.1. The maximum atomic E-state index is 10.5. The highest BCUT2D eigenvalue weighted by atomic mass is 35.5. The summed E-state index contributed by atoms with van der Waals surface area (Å²) in [5.74, 6) is 1.32. The Balaban J connectivity index is 1.94. The number of nitrogens with zero attached hydrogens (tertiary/aromatic N) is 3. The second-order valence-electron chi connectivity index (χ2n) is 7.92. The number of allylic oxidation sites excluding steroid dienone is 1. The first-order chi connectivity index (χ1) is 16.0. The number of halogens is 1. The van der Waals surface area contributed by atoms with E-state index < -0.39 is 6.10 Å².